The summed E-state index contributed by atoms with van der Waals surface area (Å²) in [4.78, 5) is 4.37. The second-order valence-corrected chi connectivity index (χ2v) is 7.90. The van der Waals surface area contributed by atoms with E-state index in [2.05, 4.69) is 61.5 Å². The van der Waals surface area contributed by atoms with E-state index >= 15 is 0 Å². The first-order valence-corrected chi connectivity index (χ1v) is 9.01. The van der Waals surface area contributed by atoms with Gasteiger partial charge in [0.05, 0.1) is 7.11 Å². The summed E-state index contributed by atoms with van der Waals surface area (Å²) >= 11 is 0. The van der Waals surface area contributed by atoms with Gasteiger partial charge in [-0.3, -0.25) is 4.99 Å². The number of rotatable bonds is 4. The normalized spacial score (nSPS) is 17.9. The number of hydrogen-bond acceptors (Lipinski definition) is 3. The highest BCUT2D eigenvalue weighted by Gasteiger charge is 2.37. The lowest BCUT2D eigenvalue weighted by Gasteiger charge is -2.39. The summed E-state index contributed by atoms with van der Waals surface area (Å²) in [6.45, 7) is 10.9. The summed E-state index contributed by atoms with van der Waals surface area (Å²) in [5.74, 6) is 1.78. The lowest BCUT2D eigenvalue weighted by atomic mass is 9.73. The highest BCUT2D eigenvalue weighted by atomic mass is 16.5. The van der Waals surface area contributed by atoms with Gasteiger partial charge in [-0.2, -0.15) is 0 Å². The Labute approximate surface area is 152 Å². The van der Waals surface area contributed by atoms with Crippen molar-refractivity contribution < 1.29 is 9.47 Å². The van der Waals surface area contributed by atoms with Crippen LogP contribution in [0.2, 0.25) is 0 Å². The van der Waals surface area contributed by atoms with Crippen molar-refractivity contribution in [1.82, 2.24) is 10.6 Å². The Hall–Kier alpha value is -1.75. The molecule has 0 aliphatic carbocycles. The lowest BCUT2D eigenvalue weighted by Crippen LogP contribution is -2.52. The van der Waals surface area contributed by atoms with Crippen LogP contribution in [0, 0.1) is 6.92 Å². The molecule has 5 heteroatoms. The molecule has 2 N–H and O–H groups in total. The largest absolute Gasteiger partial charge is 0.496 e. The average Bonchev–Trinajstić information content (AvgIpc) is 2.58. The quantitative estimate of drug-likeness (QED) is 0.649. The summed E-state index contributed by atoms with van der Waals surface area (Å²) in [5.41, 5.74) is 2.45. The maximum absolute atomic E-state index is 5.68. The third-order valence-corrected chi connectivity index (χ3v) is 4.69. The van der Waals surface area contributed by atoms with E-state index in [9.17, 15) is 0 Å². The Bertz CT molecular complexity index is 599. The van der Waals surface area contributed by atoms with Crippen molar-refractivity contribution in [3.8, 4) is 5.75 Å². The predicted molar refractivity (Wildman–Crippen MR) is 104 cm³/mol. The first kappa shape index (κ1) is 19.6. The molecule has 1 aliphatic heterocycles. The molecule has 1 aliphatic rings. The molecule has 5 nitrogen and oxygen atoms in total. The minimum atomic E-state index is -0.0360. The number of guanidine groups is 1. The maximum Gasteiger partial charge on any atom is 0.191 e. The molecule has 1 saturated heterocycles. The molecule has 1 aromatic carbocycles. The Morgan fingerprint density at radius 2 is 1.96 bits per heavy atom. The average molecular weight is 348 g/mol. The van der Waals surface area contributed by atoms with Crippen molar-refractivity contribution in [3.05, 3.63) is 29.3 Å². The van der Waals surface area contributed by atoms with E-state index < -0.39 is 0 Å². The Balaban J connectivity index is 2.28. The minimum Gasteiger partial charge on any atom is -0.496 e. The van der Waals surface area contributed by atoms with Crippen molar-refractivity contribution in [2.45, 2.75) is 51.5 Å². The second kappa shape index (κ2) is 8.09. The van der Waals surface area contributed by atoms with Gasteiger partial charge in [0.15, 0.2) is 5.96 Å². The molecule has 25 heavy (non-hydrogen) atoms. The zero-order valence-corrected chi connectivity index (χ0v) is 16.5. The van der Waals surface area contributed by atoms with Gasteiger partial charge in [0.2, 0.25) is 0 Å². The van der Waals surface area contributed by atoms with Crippen LogP contribution in [0.1, 0.15) is 44.7 Å². The standard InChI is InChI=1S/C20H33N3O2/c1-15-7-8-17(24-6)16(13-15)20(9-11-25-12-10-20)14-22-18(21-5)23-19(2,3)4/h7-8,13H,9-12,14H2,1-6H3,(H2,21,22,23). The van der Waals surface area contributed by atoms with E-state index in [-0.39, 0.29) is 11.0 Å². The van der Waals surface area contributed by atoms with Gasteiger partial charge in [0.1, 0.15) is 5.75 Å². The van der Waals surface area contributed by atoms with Gasteiger partial charge in [-0.05, 0) is 46.6 Å². The highest BCUT2D eigenvalue weighted by molar-refractivity contribution is 5.80. The van der Waals surface area contributed by atoms with E-state index in [4.69, 9.17) is 9.47 Å². The molecule has 0 amide bonds. The molecule has 0 unspecified atom stereocenters. The molecule has 2 rings (SSSR count). The van der Waals surface area contributed by atoms with Crippen LogP contribution in [0.15, 0.2) is 23.2 Å². The Morgan fingerprint density at radius 1 is 1.28 bits per heavy atom. The van der Waals surface area contributed by atoms with Gasteiger partial charge >= 0.3 is 0 Å². The summed E-state index contributed by atoms with van der Waals surface area (Å²) in [6.07, 6.45) is 1.93. The van der Waals surface area contributed by atoms with E-state index in [0.717, 1.165) is 44.3 Å². The maximum atomic E-state index is 5.68. The molecule has 0 spiro atoms. The fourth-order valence-corrected chi connectivity index (χ4v) is 3.33. The molecule has 1 heterocycles. The number of nitrogens with one attached hydrogen (secondary N) is 2. The van der Waals surface area contributed by atoms with Crippen LogP contribution in [0.5, 0.6) is 5.75 Å². The van der Waals surface area contributed by atoms with Gasteiger partial charge < -0.3 is 20.1 Å². The predicted octanol–water partition coefficient (Wildman–Crippen LogP) is 3.02. The van der Waals surface area contributed by atoms with Crippen LogP contribution in [-0.2, 0) is 10.2 Å². The van der Waals surface area contributed by atoms with Gasteiger partial charge in [-0.25, -0.2) is 0 Å². The van der Waals surface area contributed by atoms with Crippen LogP contribution in [0.25, 0.3) is 0 Å². The van der Waals surface area contributed by atoms with Crippen LogP contribution < -0.4 is 15.4 Å². The second-order valence-electron chi connectivity index (χ2n) is 7.90. The van der Waals surface area contributed by atoms with E-state index in [1.54, 1.807) is 7.11 Å². The fraction of sp³-hybridized carbons (Fsp3) is 0.650. The number of ether oxygens (including phenoxy) is 2. The number of hydrogen-bond donors (Lipinski definition) is 2. The molecule has 0 saturated carbocycles. The van der Waals surface area contributed by atoms with E-state index in [1.165, 1.54) is 11.1 Å². The first-order valence-electron chi connectivity index (χ1n) is 9.01. The number of aliphatic imine (C=N–C) groups is 1. The summed E-state index contributed by atoms with van der Waals surface area (Å²) < 4.78 is 11.3. The van der Waals surface area contributed by atoms with Gasteiger partial charge in [-0.1, -0.05) is 17.7 Å². The number of methoxy groups -OCH3 is 1. The first-order chi connectivity index (χ1) is 11.8. The molecular weight excluding hydrogens is 314 g/mol. The summed E-state index contributed by atoms with van der Waals surface area (Å²) in [7, 11) is 3.56. The molecule has 140 valence electrons. The summed E-state index contributed by atoms with van der Waals surface area (Å²) in [5, 5.41) is 6.96. The van der Waals surface area contributed by atoms with Crippen LogP contribution in [-0.4, -0.2) is 45.4 Å². The van der Waals surface area contributed by atoms with Crippen molar-refractivity contribution in [2.24, 2.45) is 4.99 Å². The van der Waals surface area contributed by atoms with Gasteiger partial charge in [-0.15, -0.1) is 0 Å². The van der Waals surface area contributed by atoms with Gasteiger partial charge in [0, 0.05) is 43.3 Å². The highest BCUT2D eigenvalue weighted by Crippen LogP contribution is 2.40. The molecule has 0 atom stereocenters. The molecule has 0 bridgehead atoms. The summed E-state index contributed by atoms with van der Waals surface area (Å²) in [6, 6.07) is 6.43. The molecule has 0 aromatic heterocycles. The van der Waals surface area contributed by atoms with Crippen LogP contribution in [0.3, 0.4) is 0 Å². The third kappa shape index (κ3) is 5.11. The lowest BCUT2D eigenvalue weighted by molar-refractivity contribution is 0.0505. The van der Waals surface area contributed by atoms with Crippen molar-refractivity contribution in [2.75, 3.05) is 33.9 Å². The topological polar surface area (TPSA) is 54.9 Å². The Morgan fingerprint density at radius 3 is 2.52 bits per heavy atom. The molecule has 0 radical (unpaired) electrons. The zero-order valence-electron chi connectivity index (χ0n) is 16.5. The SMILES string of the molecule is CN=C(NCC1(c2cc(C)ccc2OC)CCOCC1)NC(C)(C)C. The van der Waals surface area contributed by atoms with Gasteiger partial charge in [0.25, 0.3) is 0 Å². The molecular formula is C20H33N3O2. The third-order valence-electron chi connectivity index (χ3n) is 4.69. The van der Waals surface area contributed by atoms with Crippen LogP contribution in [0.4, 0.5) is 0 Å². The monoisotopic (exact) mass is 347 g/mol. The fourth-order valence-electron chi connectivity index (χ4n) is 3.33. The molecule has 1 fully saturated rings. The molecule has 1 aromatic rings. The number of benzene rings is 1. The number of aryl methyl sites for hydroxylation is 1. The van der Waals surface area contributed by atoms with Crippen LogP contribution >= 0.6 is 0 Å². The minimum absolute atomic E-state index is 0.0227. The zero-order chi connectivity index (χ0) is 18.5. The van der Waals surface area contributed by atoms with Crippen molar-refractivity contribution in [1.29, 1.82) is 0 Å². The number of nitrogens with zero attached hydrogens (tertiary/aromatic N) is 1. The smallest absolute Gasteiger partial charge is 0.191 e. The van der Waals surface area contributed by atoms with E-state index in [1.807, 2.05) is 7.05 Å². The van der Waals surface area contributed by atoms with E-state index in [0.29, 0.717) is 0 Å². The van der Waals surface area contributed by atoms with Crippen molar-refractivity contribution >= 4 is 5.96 Å². The Kier molecular flexibility index (Phi) is 6.33. The van der Waals surface area contributed by atoms with Crippen molar-refractivity contribution in [3.63, 3.8) is 0 Å².